The number of allylic oxidation sites excluding steroid dienone is 17. The van der Waals surface area contributed by atoms with Crippen molar-refractivity contribution in [1.29, 1.82) is 0 Å². The van der Waals surface area contributed by atoms with E-state index in [0.717, 1.165) is 57.8 Å². The molecule has 1 nitrogen and oxygen atoms in total. The van der Waals surface area contributed by atoms with Gasteiger partial charge in [0, 0.05) is 23.9 Å². The normalized spacial score (nSPS) is 18.4. The molecule has 0 N–H and O–H groups in total. The largest absolute Gasteiger partial charge is 0.348 e. The van der Waals surface area contributed by atoms with Crippen LogP contribution in [-0.4, -0.2) is 10.9 Å². The van der Waals surface area contributed by atoms with Gasteiger partial charge in [-0.15, -0.1) is 0 Å². The van der Waals surface area contributed by atoms with Gasteiger partial charge in [0.15, 0.2) is 0 Å². The van der Waals surface area contributed by atoms with E-state index in [9.17, 15) is 0 Å². The first-order chi connectivity index (χ1) is 20.2. The van der Waals surface area contributed by atoms with Crippen LogP contribution in [0.2, 0.25) is 0 Å². The summed E-state index contributed by atoms with van der Waals surface area (Å²) in [5.41, 5.74) is 6.79. The highest BCUT2D eigenvalue weighted by Gasteiger charge is 2.20. The third-order valence-corrected chi connectivity index (χ3v) is 8.09. The third kappa shape index (κ3) is 10.4. The van der Waals surface area contributed by atoms with E-state index in [-0.39, 0.29) is 0 Å². The Labute approximate surface area is 251 Å². The van der Waals surface area contributed by atoms with E-state index >= 15 is 0 Å². The Bertz CT molecular complexity index is 1190. The van der Waals surface area contributed by atoms with Crippen molar-refractivity contribution in [3.05, 3.63) is 157 Å². The molecule has 0 saturated heterocycles. The molecule has 0 saturated carbocycles. The molecule has 2 aliphatic rings. The maximum atomic E-state index is 4.09. The molecule has 3 rings (SSSR count). The fourth-order valence-electron chi connectivity index (χ4n) is 5.85. The van der Waals surface area contributed by atoms with Crippen LogP contribution in [0.5, 0.6) is 0 Å². The van der Waals surface area contributed by atoms with E-state index in [1.165, 1.54) is 28.8 Å². The molecule has 1 aromatic rings. The molecule has 0 spiro atoms. The number of hydrogen-bond donors (Lipinski definition) is 0. The molecule has 0 amide bonds. The Balaban J connectivity index is 1.78. The van der Waals surface area contributed by atoms with Gasteiger partial charge < -0.3 is 4.90 Å². The zero-order chi connectivity index (χ0) is 29.1. The zero-order valence-corrected chi connectivity index (χ0v) is 25.6. The first-order valence-electron chi connectivity index (χ1n) is 15.7. The minimum atomic E-state index is 0.434. The van der Waals surface area contributed by atoms with E-state index in [2.05, 4.69) is 135 Å². The van der Waals surface area contributed by atoms with Crippen LogP contribution in [0.25, 0.3) is 0 Å². The summed E-state index contributed by atoms with van der Waals surface area (Å²) in [5.74, 6) is 0.505. The molecule has 0 heterocycles. The highest BCUT2D eigenvalue weighted by Crippen LogP contribution is 2.34. The summed E-state index contributed by atoms with van der Waals surface area (Å²) in [4.78, 5) is 2.53. The fraction of sp³-hybridized carbons (Fsp3) is 0.350. The molecule has 2 atom stereocenters. The van der Waals surface area contributed by atoms with Gasteiger partial charge in [-0.25, -0.2) is 0 Å². The summed E-state index contributed by atoms with van der Waals surface area (Å²) in [5, 5.41) is 0. The number of hydrogen-bond acceptors (Lipinski definition) is 1. The zero-order valence-electron chi connectivity index (χ0n) is 25.6. The molecule has 41 heavy (non-hydrogen) atoms. The van der Waals surface area contributed by atoms with Crippen molar-refractivity contribution in [2.75, 3.05) is 0 Å². The van der Waals surface area contributed by atoms with E-state index in [0.29, 0.717) is 12.0 Å². The molecule has 0 bridgehead atoms. The Morgan fingerprint density at radius 2 is 1.93 bits per heavy atom. The van der Waals surface area contributed by atoms with Crippen LogP contribution in [-0.2, 0) is 0 Å². The SMILES string of the molecule is C=C/C=C(/CCC/C=C/C)N(/C=C/C=C(\C=C)C1=CCCC=C1)C(CC)CCCC1=CC=CCC1c1ccccc1. The maximum absolute atomic E-state index is 4.09. The third-order valence-electron chi connectivity index (χ3n) is 8.09. The van der Waals surface area contributed by atoms with Crippen LogP contribution >= 0.6 is 0 Å². The summed E-state index contributed by atoms with van der Waals surface area (Å²) >= 11 is 0. The van der Waals surface area contributed by atoms with Crippen LogP contribution in [0.3, 0.4) is 0 Å². The molecule has 216 valence electrons. The monoisotopic (exact) mass is 545 g/mol. The summed E-state index contributed by atoms with van der Waals surface area (Å²) in [6, 6.07) is 11.4. The first-order valence-corrected chi connectivity index (χ1v) is 15.7. The van der Waals surface area contributed by atoms with Crippen LogP contribution in [0, 0.1) is 0 Å². The van der Waals surface area contributed by atoms with Crippen molar-refractivity contribution in [2.24, 2.45) is 0 Å². The predicted molar refractivity (Wildman–Crippen MR) is 182 cm³/mol. The smallest absolute Gasteiger partial charge is 0.0330 e. The molecule has 0 radical (unpaired) electrons. The van der Waals surface area contributed by atoms with Gasteiger partial charge in [0.1, 0.15) is 0 Å². The lowest BCUT2D eigenvalue weighted by Gasteiger charge is -2.33. The van der Waals surface area contributed by atoms with Gasteiger partial charge in [0.25, 0.3) is 0 Å². The van der Waals surface area contributed by atoms with Crippen molar-refractivity contribution >= 4 is 0 Å². The van der Waals surface area contributed by atoms with Gasteiger partial charge in [-0.1, -0.05) is 123 Å². The van der Waals surface area contributed by atoms with E-state index in [1.807, 2.05) is 12.2 Å². The van der Waals surface area contributed by atoms with Crippen molar-refractivity contribution in [3.8, 4) is 0 Å². The number of rotatable bonds is 17. The van der Waals surface area contributed by atoms with Gasteiger partial charge in [-0.3, -0.25) is 0 Å². The van der Waals surface area contributed by atoms with Crippen molar-refractivity contribution in [1.82, 2.24) is 4.90 Å². The molecule has 2 unspecified atom stereocenters. The number of unbranched alkanes of at least 4 members (excludes halogenated alkanes) is 1. The summed E-state index contributed by atoms with van der Waals surface area (Å²) in [7, 11) is 0. The average Bonchev–Trinajstić information content (AvgIpc) is 3.02. The molecule has 1 heteroatoms. The first kappa shape index (κ1) is 31.9. The van der Waals surface area contributed by atoms with Gasteiger partial charge in [-0.2, -0.15) is 0 Å². The Morgan fingerprint density at radius 3 is 2.63 bits per heavy atom. The second kappa shape index (κ2) is 18.7. The lowest BCUT2D eigenvalue weighted by atomic mass is 9.82. The van der Waals surface area contributed by atoms with Crippen LogP contribution in [0.1, 0.15) is 89.5 Å². The van der Waals surface area contributed by atoms with Crippen molar-refractivity contribution in [3.63, 3.8) is 0 Å². The highest BCUT2D eigenvalue weighted by molar-refractivity contribution is 5.48. The molecule has 1 aromatic carbocycles. The number of benzene rings is 1. The van der Waals surface area contributed by atoms with Crippen LogP contribution < -0.4 is 0 Å². The fourth-order valence-corrected chi connectivity index (χ4v) is 5.85. The lowest BCUT2D eigenvalue weighted by molar-refractivity contribution is 0.295. The maximum Gasteiger partial charge on any atom is 0.0330 e. The highest BCUT2D eigenvalue weighted by atomic mass is 15.1. The quantitative estimate of drug-likeness (QED) is 0.107. The van der Waals surface area contributed by atoms with Crippen molar-refractivity contribution < 1.29 is 0 Å². The van der Waals surface area contributed by atoms with Gasteiger partial charge in [0.05, 0.1) is 0 Å². The Morgan fingerprint density at radius 1 is 1.07 bits per heavy atom. The topological polar surface area (TPSA) is 3.24 Å². The van der Waals surface area contributed by atoms with Crippen molar-refractivity contribution in [2.45, 2.75) is 90.0 Å². The van der Waals surface area contributed by atoms with Crippen LogP contribution in [0.15, 0.2) is 151 Å². The summed E-state index contributed by atoms with van der Waals surface area (Å²) in [6.07, 6.45) is 42.1. The van der Waals surface area contributed by atoms with Gasteiger partial charge in [-0.05, 0) is 100.0 Å². The summed E-state index contributed by atoms with van der Waals surface area (Å²) < 4.78 is 0. The Kier molecular flexibility index (Phi) is 14.6. The number of nitrogens with zero attached hydrogens (tertiary/aromatic N) is 1. The van der Waals surface area contributed by atoms with Gasteiger partial charge in [0.2, 0.25) is 0 Å². The summed E-state index contributed by atoms with van der Waals surface area (Å²) in [6.45, 7) is 12.6. The van der Waals surface area contributed by atoms with E-state index in [1.54, 1.807) is 5.57 Å². The van der Waals surface area contributed by atoms with E-state index in [4.69, 9.17) is 0 Å². The molecule has 0 fully saturated rings. The minimum absolute atomic E-state index is 0.434. The Hall–Kier alpha value is -3.58. The molecule has 0 aromatic heterocycles. The second-order valence-corrected chi connectivity index (χ2v) is 10.9. The molecule has 2 aliphatic carbocycles. The second-order valence-electron chi connectivity index (χ2n) is 10.9. The molecular formula is C40H51N. The van der Waals surface area contributed by atoms with Gasteiger partial charge >= 0.3 is 0 Å². The predicted octanol–water partition coefficient (Wildman–Crippen LogP) is 11.6. The van der Waals surface area contributed by atoms with E-state index < -0.39 is 0 Å². The average molecular weight is 546 g/mol. The lowest BCUT2D eigenvalue weighted by Crippen LogP contribution is -2.30. The minimum Gasteiger partial charge on any atom is -0.348 e. The standard InChI is InChI=1S/C40H51N/c1-5-9-10-17-30-39(22-6-2)41(33-21-29-34(7-3)35-23-13-11-14-24-35)38(8-4)31-20-28-37-27-18-19-32-40(37)36-25-15-12-16-26-36/h5-7,9,12-13,15-16,18-19,21-27,29,33,38,40H,2-3,8,10-11,14,17,20,28,30-32H2,1,4H3/b9-5+,33-21+,34-29+,39-22-. The molecule has 0 aliphatic heterocycles. The molecular weight excluding hydrogens is 494 g/mol. The van der Waals surface area contributed by atoms with Crippen LogP contribution in [0.4, 0.5) is 0 Å².